The third-order valence-corrected chi connectivity index (χ3v) is 15.8. The van der Waals surface area contributed by atoms with E-state index in [2.05, 4.69) is 132 Å². The van der Waals surface area contributed by atoms with E-state index in [0.29, 0.717) is 0 Å². The van der Waals surface area contributed by atoms with Crippen LogP contribution in [0.25, 0.3) is 0 Å². The third kappa shape index (κ3) is 4.05. The predicted molar refractivity (Wildman–Crippen MR) is 132 cm³/mol. The van der Waals surface area contributed by atoms with Crippen molar-refractivity contribution in [2.45, 2.75) is 32.6 Å². The number of unbranched alkanes of at least 4 members (excludes halogenated alkanes) is 3. The molecule has 0 aromatic heterocycles. The van der Waals surface area contributed by atoms with Crippen LogP contribution in [0.4, 0.5) is 0 Å². The van der Waals surface area contributed by atoms with Gasteiger partial charge < -0.3 is 0 Å². The van der Waals surface area contributed by atoms with Crippen LogP contribution < -0.4 is 15.9 Å². The second-order valence-corrected chi connectivity index (χ2v) is 17.0. The van der Waals surface area contributed by atoms with Crippen LogP contribution in [0.2, 0.25) is 0 Å². The molecule has 3 aromatic carbocycles. The number of allylic oxidation sites excluding steroid dienone is 1. The van der Waals surface area contributed by atoms with Gasteiger partial charge in [0.1, 0.15) is 0 Å². The van der Waals surface area contributed by atoms with Crippen molar-refractivity contribution in [1.29, 1.82) is 0 Å². The fraction of sp³-hybridized carbons (Fsp3) is 0.200. The summed E-state index contributed by atoms with van der Waals surface area (Å²) in [5, 5.41) is 4.23. The van der Waals surface area contributed by atoms with Gasteiger partial charge in [0, 0.05) is 0 Å². The van der Waals surface area contributed by atoms with Gasteiger partial charge in [0.2, 0.25) is 0 Å². The molecule has 0 atom stereocenters. The number of hydrogen-bond donors (Lipinski definition) is 0. The van der Waals surface area contributed by atoms with E-state index in [0.717, 1.165) is 6.42 Å². The minimum atomic E-state index is -2.71. The molecule has 3 aromatic rings. The Morgan fingerprint density at radius 2 is 1.07 bits per heavy atom. The van der Waals surface area contributed by atoms with Crippen molar-refractivity contribution in [1.82, 2.24) is 0 Å². The Hall–Kier alpha value is -1.44. The maximum atomic E-state index is 2.81. The van der Waals surface area contributed by atoms with Gasteiger partial charge in [-0.05, 0) is 0 Å². The monoisotopic (exact) mass is 486 g/mol. The molecule has 0 unspecified atom stereocenters. The van der Waals surface area contributed by atoms with E-state index in [1.54, 1.807) is 0 Å². The Labute approximate surface area is 177 Å². The van der Waals surface area contributed by atoms with E-state index in [9.17, 15) is 0 Å². The molecular formula is C25H28IP. The van der Waals surface area contributed by atoms with Crippen LogP contribution in [0.5, 0.6) is 0 Å². The summed E-state index contributed by atoms with van der Waals surface area (Å²) in [4.78, 5) is 0. The van der Waals surface area contributed by atoms with Crippen LogP contribution in [0.1, 0.15) is 32.6 Å². The molecule has 3 rings (SSSR count). The van der Waals surface area contributed by atoms with Crippen molar-refractivity contribution in [3.63, 3.8) is 0 Å². The molecule has 2 heteroatoms. The van der Waals surface area contributed by atoms with Crippen LogP contribution in [-0.4, -0.2) is 0 Å². The quantitative estimate of drug-likeness (QED) is 0.184. The topological polar surface area (TPSA) is 0 Å². The number of rotatable bonds is 8. The Morgan fingerprint density at radius 1 is 0.667 bits per heavy atom. The van der Waals surface area contributed by atoms with Gasteiger partial charge in [0.05, 0.1) is 0 Å². The first-order chi connectivity index (χ1) is 13.2. The van der Waals surface area contributed by atoms with Crippen molar-refractivity contribution in [3.05, 3.63) is 103 Å². The van der Waals surface area contributed by atoms with Gasteiger partial charge in [0.15, 0.2) is 0 Å². The first kappa shape index (κ1) is 20.3. The molecule has 0 aliphatic heterocycles. The summed E-state index contributed by atoms with van der Waals surface area (Å²) in [6, 6.07) is 33.2. The summed E-state index contributed by atoms with van der Waals surface area (Å²) in [7, 11) is 0. The van der Waals surface area contributed by atoms with Gasteiger partial charge in [-0.3, -0.25) is 0 Å². The van der Waals surface area contributed by atoms with Gasteiger partial charge >= 0.3 is 178 Å². The standard InChI is InChI=1S/C25H28IP/c1-2-3-4-5-15-22-27(26,23-16-9-6-10-17-23,24-18-11-7-12-19-24)25-20-13-8-14-21-25/h6-22H,2-5H2,1H3/b22-15+. The zero-order valence-corrected chi connectivity index (χ0v) is 19.0. The molecule has 0 saturated carbocycles. The number of hydrogen-bond acceptors (Lipinski definition) is 0. The summed E-state index contributed by atoms with van der Waals surface area (Å²) in [6.07, 6.45) is 7.39. The van der Waals surface area contributed by atoms with Gasteiger partial charge in [0.25, 0.3) is 0 Å². The van der Waals surface area contributed by atoms with Gasteiger partial charge in [-0.2, -0.15) is 0 Å². The van der Waals surface area contributed by atoms with Gasteiger partial charge in [-0.25, -0.2) is 0 Å². The molecule has 0 heterocycles. The van der Waals surface area contributed by atoms with E-state index in [1.807, 2.05) is 0 Å². The van der Waals surface area contributed by atoms with Crippen LogP contribution in [0.15, 0.2) is 103 Å². The molecule has 0 N–H and O–H groups in total. The Morgan fingerprint density at radius 3 is 1.44 bits per heavy atom. The van der Waals surface area contributed by atoms with Crippen molar-refractivity contribution < 1.29 is 0 Å². The summed E-state index contributed by atoms with van der Waals surface area (Å²) in [5.74, 6) is 2.56. The van der Waals surface area contributed by atoms with E-state index < -0.39 is 4.25 Å². The molecular weight excluding hydrogens is 458 g/mol. The molecule has 0 aliphatic rings. The average molecular weight is 486 g/mol. The Kier molecular flexibility index (Phi) is 6.89. The summed E-state index contributed by atoms with van der Waals surface area (Å²) in [5.41, 5.74) is 0. The molecule has 27 heavy (non-hydrogen) atoms. The average Bonchev–Trinajstić information content (AvgIpc) is 2.75. The third-order valence-electron chi connectivity index (χ3n) is 5.14. The first-order valence-corrected chi connectivity index (χ1v) is 14.9. The van der Waals surface area contributed by atoms with Crippen molar-refractivity contribution in [2.75, 3.05) is 0 Å². The number of halogens is 1. The van der Waals surface area contributed by atoms with Crippen molar-refractivity contribution in [3.8, 4) is 0 Å². The zero-order valence-electron chi connectivity index (χ0n) is 16.0. The number of benzene rings is 3. The van der Waals surface area contributed by atoms with E-state index in [1.165, 1.54) is 35.2 Å². The van der Waals surface area contributed by atoms with E-state index >= 15 is 0 Å². The second kappa shape index (κ2) is 9.17. The van der Waals surface area contributed by atoms with Crippen LogP contribution in [-0.2, 0) is 0 Å². The van der Waals surface area contributed by atoms with E-state index in [-0.39, 0.29) is 0 Å². The normalized spacial score (nSPS) is 13.3. The molecule has 140 valence electrons. The molecule has 0 nitrogen and oxygen atoms in total. The fourth-order valence-electron chi connectivity index (χ4n) is 3.65. The summed E-state index contributed by atoms with van der Waals surface area (Å²) >= 11 is 2.81. The summed E-state index contributed by atoms with van der Waals surface area (Å²) in [6.45, 7) is 2.26. The van der Waals surface area contributed by atoms with Crippen molar-refractivity contribution >= 4 is 42.2 Å². The van der Waals surface area contributed by atoms with E-state index in [4.69, 9.17) is 0 Å². The Bertz CT molecular complexity index is 757. The molecule has 0 spiro atoms. The first-order valence-electron chi connectivity index (χ1n) is 9.78. The van der Waals surface area contributed by atoms with Gasteiger partial charge in [-0.1, -0.05) is 0 Å². The van der Waals surface area contributed by atoms with Crippen molar-refractivity contribution in [2.24, 2.45) is 0 Å². The van der Waals surface area contributed by atoms with Crippen LogP contribution in [0.3, 0.4) is 0 Å². The fourth-order valence-corrected chi connectivity index (χ4v) is 11.4. The SMILES string of the molecule is CCCCC/C=C/P(I)(c1ccccc1)(c1ccccc1)c1ccccc1. The molecule has 0 aliphatic carbocycles. The minimum absolute atomic E-state index is 1.14. The summed E-state index contributed by atoms with van der Waals surface area (Å²) < 4.78 is -2.71. The molecule has 0 bridgehead atoms. The van der Waals surface area contributed by atoms with Crippen LogP contribution >= 0.6 is 26.3 Å². The Balaban J connectivity index is 2.26. The molecule has 0 fully saturated rings. The zero-order chi connectivity index (χ0) is 19.0. The molecule has 0 amide bonds. The molecule has 0 radical (unpaired) electrons. The second-order valence-electron chi connectivity index (χ2n) is 6.96. The van der Waals surface area contributed by atoms with Gasteiger partial charge in [-0.15, -0.1) is 0 Å². The maximum absolute atomic E-state index is 2.81. The van der Waals surface area contributed by atoms with Crippen LogP contribution in [0, 0.1) is 0 Å². The predicted octanol–water partition coefficient (Wildman–Crippen LogP) is 6.96. The molecule has 0 saturated heterocycles.